The van der Waals surface area contributed by atoms with Gasteiger partial charge < -0.3 is 10.4 Å². The summed E-state index contributed by atoms with van der Waals surface area (Å²) in [6.07, 6.45) is 5.47. The van der Waals surface area contributed by atoms with Gasteiger partial charge in [-0.1, -0.05) is 37.5 Å². The van der Waals surface area contributed by atoms with Crippen LogP contribution in [0.25, 0.3) is 0 Å². The molecule has 1 aliphatic rings. The molecule has 1 saturated carbocycles. The Hall–Kier alpha value is -1.02. The number of anilines is 1. The van der Waals surface area contributed by atoms with Gasteiger partial charge in [0.05, 0.1) is 12.1 Å². The highest BCUT2D eigenvalue weighted by molar-refractivity contribution is 5.43. The van der Waals surface area contributed by atoms with Crippen LogP contribution in [0.1, 0.15) is 32.1 Å². The molecule has 0 aromatic heterocycles. The minimum absolute atomic E-state index is 0.187. The number of aliphatic hydroxyl groups excluding tert-OH is 1. The molecular weight excluding hydrogens is 186 g/mol. The van der Waals surface area contributed by atoms with Crippen molar-refractivity contribution in [3.8, 4) is 0 Å². The number of nitrogens with one attached hydrogen (secondary N) is 1. The number of hydrogen-bond donors (Lipinski definition) is 2. The van der Waals surface area contributed by atoms with Crippen LogP contribution in [-0.4, -0.2) is 17.3 Å². The molecule has 0 amide bonds. The van der Waals surface area contributed by atoms with Crippen molar-refractivity contribution in [2.45, 2.75) is 44.2 Å². The Bertz CT molecular complexity index is 286. The third-order valence-electron chi connectivity index (χ3n) is 3.11. The lowest BCUT2D eigenvalue weighted by atomic mass is 10.1. The molecule has 15 heavy (non-hydrogen) atoms. The molecule has 2 atom stereocenters. The molecule has 0 heterocycles. The highest BCUT2D eigenvalue weighted by Crippen LogP contribution is 2.21. The van der Waals surface area contributed by atoms with E-state index in [1.54, 1.807) is 0 Å². The van der Waals surface area contributed by atoms with Crippen LogP contribution in [0, 0.1) is 0 Å². The first-order valence-electron chi connectivity index (χ1n) is 5.86. The molecule has 82 valence electrons. The maximum absolute atomic E-state index is 9.95. The topological polar surface area (TPSA) is 32.3 Å². The lowest BCUT2D eigenvalue weighted by Gasteiger charge is -2.22. The second kappa shape index (κ2) is 5.17. The zero-order chi connectivity index (χ0) is 10.5. The first-order valence-corrected chi connectivity index (χ1v) is 5.86. The number of rotatable bonds is 2. The Morgan fingerprint density at radius 2 is 1.73 bits per heavy atom. The number of aliphatic hydroxyl groups is 1. The zero-order valence-corrected chi connectivity index (χ0v) is 9.02. The van der Waals surface area contributed by atoms with Gasteiger partial charge in [0.2, 0.25) is 0 Å². The van der Waals surface area contributed by atoms with E-state index in [9.17, 15) is 5.11 Å². The van der Waals surface area contributed by atoms with Crippen LogP contribution in [0.4, 0.5) is 5.69 Å². The molecule has 0 aliphatic heterocycles. The van der Waals surface area contributed by atoms with E-state index in [2.05, 4.69) is 17.4 Å². The molecule has 0 radical (unpaired) electrons. The van der Waals surface area contributed by atoms with Crippen molar-refractivity contribution in [3.63, 3.8) is 0 Å². The van der Waals surface area contributed by atoms with Crippen molar-refractivity contribution in [1.82, 2.24) is 0 Å². The Morgan fingerprint density at radius 1 is 1.00 bits per heavy atom. The van der Waals surface area contributed by atoms with E-state index in [1.165, 1.54) is 12.8 Å². The number of hydrogen-bond acceptors (Lipinski definition) is 2. The van der Waals surface area contributed by atoms with Crippen molar-refractivity contribution in [1.29, 1.82) is 0 Å². The van der Waals surface area contributed by atoms with Gasteiger partial charge in [-0.2, -0.15) is 0 Å². The van der Waals surface area contributed by atoms with Gasteiger partial charge in [0.1, 0.15) is 0 Å². The predicted octanol–water partition coefficient (Wildman–Crippen LogP) is 2.79. The molecule has 2 rings (SSSR count). The first-order chi connectivity index (χ1) is 7.36. The van der Waals surface area contributed by atoms with Gasteiger partial charge in [0.25, 0.3) is 0 Å². The van der Waals surface area contributed by atoms with Crippen LogP contribution >= 0.6 is 0 Å². The van der Waals surface area contributed by atoms with E-state index >= 15 is 0 Å². The normalized spacial score (nSPS) is 27.0. The second-order valence-corrected chi connectivity index (χ2v) is 4.32. The minimum atomic E-state index is -0.187. The summed E-state index contributed by atoms with van der Waals surface area (Å²) >= 11 is 0. The van der Waals surface area contributed by atoms with Crippen molar-refractivity contribution in [2.24, 2.45) is 0 Å². The SMILES string of the molecule is OC1CCCCCC1Nc1ccccc1. The molecule has 2 heteroatoms. The Labute approximate surface area is 91.3 Å². The maximum Gasteiger partial charge on any atom is 0.0741 e. The molecule has 2 unspecified atom stereocenters. The lowest BCUT2D eigenvalue weighted by molar-refractivity contribution is 0.144. The van der Waals surface area contributed by atoms with Crippen LogP contribution in [0.5, 0.6) is 0 Å². The van der Waals surface area contributed by atoms with Gasteiger partial charge in [-0.05, 0) is 25.0 Å². The van der Waals surface area contributed by atoms with Crippen molar-refractivity contribution in [3.05, 3.63) is 30.3 Å². The molecule has 0 spiro atoms. The van der Waals surface area contributed by atoms with Crippen LogP contribution in [0.3, 0.4) is 0 Å². The quantitative estimate of drug-likeness (QED) is 0.728. The largest absolute Gasteiger partial charge is 0.391 e. The summed E-state index contributed by atoms with van der Waals surface area (Å²) in [5.74, 6) is 0. The van der Waals surface area contributed by atoms with Crippen LogP contribution < -0.4 is 5.32 Å². The summed E-state index contributed by atoms with van der Waals surface area (Å²) in [6, 6.07) is 10.4. The molecule has 1 aliphatic carbocycles. The molecule has 1 aromatic carbocycles. The fraction of sp³-hybridized carbons (Fsp3) is 0.538. The lowest BCUT2D eigenvalue weighted by Crippen LogP contribution is -2.32. The van der Waals surface area contributed by atoms with Gasteiger partial charge in [0, 0.05) is 5.69 Å². The van der Waals surface area contributed by atoms with E-state index in [4.69, 9.17) is 0 Å². The molecule has 0 bridgehead atoms. The number of para-hydroxylation sites is 1. The predicted molar refractivity (Wildman–Crippen MR) is 62.9 cm³/mol. The Balaban J connectivity index is 1.97. The first kappa shape index (κ1) is 10.5. The monoisotopic (exact) mass is 205 g/mol. The molecule has 1 aromatic rings. The average Bonchev–Trinajstić information content (AvgIpc) is 2.46. The highest BCUT2D eigenvalue weighted by atomic mass is 16.3. The van der Waals surface area contributed by atoms with Gasteiger partial charge >= 0.3 is 0 Å². The van der Waals surface area contributed by atoms with Crippen LogP contribution in [0.2, 0.25) is 0 Å². The van der Waals surface area contributed by atoms with Crippen molar-refractivity contribution < 1.29 is 5.11 Å². The van der Waals surface area contributed by atoms with Crippen molar-refractivity contribution >= 4 is 5.69 Å². The van der Waals surface area contributed by atoms with E-state index in [0.29, 0.717) is 0 Å². The van der Waals surface area contributed by atoms with Crippen molar-refractivity contribution in [2.75, 3.05) is 5.32 Å². The number of benzene rings is 1. The summed E-state index contributed by atoms with van der Waals surface area (Å²) in [5, 5.41) is 13.4. The smallest absolute Gasteiger partial charge is 0.0741 e. The maximum atomic E-state index is 9.95. The van der Waals surface area contributed by atoms with Crippen LogP contribution in [-0.2, 0) is 0 Å². The zero-order valence-electron chi connectivity index (χ0n) is 9.02. The molecule has 0 saturated heterocycles. The summed E-state index contributed by atoms with van der Waals surface area (Å²) in [6.45, 7) is 0. The standard InChI is InChI=1S/C13H19NO/c15-13-10-6-2-5-9-12(13)14-11-7-3-1-4-8-11/h1,3-4,7-8,12-15H,2,5-6,9-10H2. The van der Waals surface area contributed by atoms with Gasteiger partial charge in [-0.25, -0.2) is 0 Å². The second-order valence-electron chi connectivity index (χ2n) is 4.32. The Morgan fingerprint density at radius 3 is 2.53 bits per heavy atom. The summed E-state index contributed by atoms with van der Waals surface area (Å²) in [5.41, 5.74) is 1.11. The molecular formula is C13H19NO. The van der Waals surface area contributed by atoms with E-state index in [0.717, 1.165) is 24.9 Å². The summed E-state index contributed by atoms with van der Waals surface area (Å²) in [7, 11) is 0. The van der Waals surface area contributed by atoms with Gasteiger partial charge in [-0.3, -0.25) is 0 Å². The van der Waals surface area contributed by atoms with Crippen LogP contribution in [0.15, 0.2) is 30.3 Å². The molecule has 2 N–H and O–H groups in total. The third kappa shape index (κ3) is 2.96. The highest BCUT2D eigenvalue weighted by Gasteiger charge is 2.20. The van der Waals surface area contributed by atoms with E-state index in [1.807, 2.05) is 18.2 Å². The molecule has 1 fully saturated rings. The Kier molecular flexibility index (Phi) is 3.62. The van der Waals surface area contributed by atoms with E-state index in [-0.39, 0.29) is 12.1 Å². The summed E-state index contributed by atoms with van der Waals surface area (Å²) in [4.78, 5) is 0. The summed E-state index contributed by atoms with van der Waals surface area (Å²) < 4.78 is 0. The van der Waals surface area contributed by atoms with Gasteiger partial charge in [-0.15, -0.1) is 0 Å². The average molecular weight is 205 g/mol. The van der Waals surface area contributed by atoms with Gasteiger partial charge in [0.15, 0.2) is 0 Å². The fourth-order valence-corrected chi connectivity index (χ4v) is 2.20. The third-order valence-corrected chi connectivity index (χ3v) is 3.11. The molecule has 2 nitrogen and oxygen atoms in total. The fourth-order valence-electron chi connectivity index (χ4n) is 2.20. The minimum Gasteiger partial charge on any atom is -0.391 e. The van der Waals surface area contributed by atoms with E-state index < -0.39 is 0 Å².